The van der Waals surface area contributed by atoms with Gasteiger partial charge < -0.3 is 10.2 Å². The van der Waals surface area contributed by atoms with Crippen LogP contribution in [0.1, 0.15) is 52.4 Å². The lowest BCUT2D eigenvalue weighted by Crippen LogP contribution is -2.37. The summed E-state index contributed by atoms with van der Waals surface area (Å²) in [5.41, 5.74) is 0. The van der Waals surface area contributed by atoms with E-state index in [-0.39, 0.29) is 0 Å². The molecule has 0 spiro atoms. The fourth-order valence-corrected chi connectivity index (χ4v) is 2.38. The predicted octanol–water partition coefficient (Wildman–Crippen LogP) is 2.64. The van der Waals surface area contributed by atoms with E-state index in [1.54, 1.807) is 0 Å². The fourth-order valence-electron chi connectivity index (χ4n) is 2.38. The van der Waals surface area contributed by atoms with Crippen LogP contribution in [0.4, 0.5) is 0 Å². The van der Waals surface area contributed by atoms with Gasteiger partial charge in [-0.3, -0.25) is 0 Å². The van der Waals surface area contributed by atoms with Gasteiger partial charge in [0.2, 0.25) is 0 Å². The third-order valence-electron chi connectivity index (χ3n) is 3.50. The summed E-state index contributed by atoms with van der Waals surface area (Å²) in [5.74, 6) is 0. The Balaban J connectivity index is 2.19. The summed E-state index contributed by atoms with van der Waals surface area (Å²) in [5, 5.41) is 3.42. The molecule has 2 nitrogen and oxygen atoms in total. The van der Waals surface area contributed by atoms with E-state index in [2.05, 4.69) is 24.1 Å². The maximum absolute atomic E-state index is 3.42. The Hall–Kier alpha value is -0.0800. The summed E-state index contributed by atoms with van der Waals surface area (Å²) in [4.78, 5) is 2.69. The first-order valence-electron chi connectivity index (χ1n) is 6.79. The molecule has 1 fully saturated rings. The third-order valence-corrected chi connectivity index (χ3v) is 3.50. The minimum Gasteiger partial charge on any atom is -0.317 e. The lowest BCUT2D eigenvalue weighted by Gasteiger charge is -2.30. The zero-order chi connectivity index (χ0) is 10.9. The van der Waals surface area contributed by atoms with Crippen molar-refractivity contribution in [2.45, 2.75) is 58.4 Å². The number of nitrogens with one attached hydrogen (secondary N) is 1. The van der Waals surface area contributed by atoms with Crippen LogP contribution in [0.15, 0.2) is 0 Å². The Morgan fingerprint density at radius 1 is 1.07 bits per heavy atom. The molecule has 90 valence electrons. The van der Waals surface area contributed by atoms with Crippen molar-refractivity contribution >= 4 is 0 Å². The molecule has 1 atom stereocenters. The van der Waals surface area contributed by atoms with E-state index in [4.69, 9.17) is 0 Å². The number of likely N-dealkylation sites (tertiary alicyclic amines) is 1. The molecule has 1 saturated heterocycles. The smallest absolute Gasteiger partial charge is 0.00790 e. The first-order chi connectivity index (χ1) is 7.34. The average Bonchev–Trinajstić information content (AvgIpc) is 2.17. The first-order valence-corrected chi connectivity index (χ1v) is 6.79. The predicted molar refractivity (Wildman–Crippen MR) is 67.3 cm³/mol. The average molecular weight is 212 g/mol. The SMILES string of the molecule is CCNCCC(C)N1CCCCCCC1. The van der Waals surface area contributed by atoms with Gasteiger partial charge in [0, 0.05) is 6.04 Å². The molecule has 0 saturated carbocycles. The molecule has 0 radical (unpaired) electrons. The van der Waals surface area contributed by atoms with Gasteiger partial charge in [0.05, 0.1) is 0 Å². The topological polar surface area (TPSA) is 15.3 Å². The van der Waals surface area contributed by atoms with Crippen LogP contribution in [0, 0.1) is 0 Å². The van der Waals surface area contributed by atoms with Gasteiger partial charge in [-0.25, -0.2) is 0 Å². The van der Waals surface area contributed by atoms with Gasteiger partial charge in [-0.05, 0) is 52.4 Å². The van der Waals surface area contributed by atoms with Crippen molar-refractivity contribution in [3.63, 3.8) is 0 Å². The molecule has 1 rings (SSSR count). The van der Waals surface area contributed by atoms with E-state index in [1.165, 1.54) is 58.2 Å². The van der Waals surface area contributed by atoms with Crippen molar-refractivity contribution in [3.8, 4) is 0 Å². The van der Waals surface area contributed by atoms with Gasteiger partial charge in [-0.1, -0.05) is 26.2 Å². The van der Waals surface area contributed by atoms with Crippen LogP contribution in [0.25, 0.3) is 0 Å². The van der Waals surface area contributed by atoms with Crippen LogP contribution < -0.4 is 5.32 Å². The second-order valence-corrected chi connectivity index (χ2v) is 4.79. The zero-order valence-corrected chi connectivity index (χ0v) is 10.6. The Kier molecular flexibility index (Phi) is 7.03. The monoisotopic (exact) mass is 212 g/mol. The molecular formula is C13H28N2. The summed E-state index contributed by atoms with van der Waals surface area (Å²) in [6.07, 6.45) is 8.46. The van der Waals surface area contributed by atoms with Crippen LogP contribution in [-0.4, -0.2) is 37.1 Å². The highest BCUT2D eigenvalue weighted by Crippen LogP contribution is 2.13. The van der Waals surface area contributed by atoms with Gasteiger partial charge in [0.1, 0.15) is 0 Å². The van der Waals surface area contributed by atoms with Crippen LogP contribution in [0.3, 0.4) is 0 Å². The first kappa shape index (κ1) is 13.0. The Bertz CT molecular complexity index is 139. The van der Waals surface area contributed by atoms with E-state index in [1.807, 2.05) is 0 Å². The molecule has 1 aliphatic heterocycles. The highest BCUT2D eigenvalue weighted by molar-refractivity contribution is 4.70. The van der Waals surface area contributed by atoms with Crippen molar-refractivity contribution < 1.29 is 0 Å². The number of nitrogens with zero attached hydrogens (tertiary/aromatic N) is 1. The highest BCUT2D eigenvalue weighted by Gasteiger charge is 2.13. The lowest BCUT2D eigenvalue weighted by atomic mass is 10.1. The molecule has 0 aromatic carbocycles. The van der Waals surface area contributed by atoms with Crippen LogP contribution in [-0.2, 0) is 0 Å². The summed E-state index contributed by atoms with van der Waals surface area (Å²) < 4.78 is 0. The Labute approximate surface area is 95.4 Å². The third kappa shape index (κ3) is 5.53. The Morgan fingerprint density at radius 3 is 2.27 bits per heavy atom. The van der Waals surface area contributed by atoms with Crippen molar-refractivity contribution in [1.82, 2.24) is 10.2 Å². The van der Waals surface area contributed by atoms with Crippen LogP contribution >= 0.6 is 0 Å². The van der Waals surface area contributed by atoms with Gasteiger partial charge in [-0.15, -0.1) is 0 Å². The molecule has 1 N–H and O–H groups in total. The molecule has 2 heteroatoms. The molecule has 0 bridgehead atoms. The minimum absolute atomic E-state index is 0.766. The maximum Gasteiger partial charge on any atom is 0.00790 e. The van der Waals surface area contributed by atoms with Crippen molar-refractivity contribution in [1.29, 1.82) is 0 Å². The number of hydrogen-bond acceptors (Lipinski definition) is 2. The second-order valence-electron chi connectivity index (χ2n) is 4.79. The van der Waals surface area contributed by atoms with Crippen LogP contribution in [0.2, 0.25) is 0 Å². The standard InChI is InChI=1S/C13H28N2/c1-3-14-10-9-13(2)15-11-7-5-4-6-8-12-15/h13-14H,3-12H2,1-2H3. The summed E-state index contributed by atoms with van der Waals surface area (Å²) in [7, 11) is 0. The molecule has 1 heterocycles. The molecule has 0 aliphatic carbocycles. The van der Waals surface area contributed by atoms with Crippen molar-refractivity contribution in [2.24, 2.45) is 0 Å². The normalized spacial score (nSPS) is 22.0. The highest BCUT2D eigenvalue weighted by atomic mass is 15.1. The summed E-state index contributed by atoms with van der Waals surface area (Å²) in [6, 6.07) is 0.766. The Morgan fingerprint density at radius 2 is 1.67 bits per heavy atom. The second kappa shape index (κ2) is 8.12. The molecular weight excluding hydrogens is 184 g/mol. The van der Waals surface area contributed by atoms with E-state index in [9.17, 15) is 0 Å². The minimum atomic E-state index is 0.766. The van der Waals surface area contributed by atoms with Gasteiger partial charge in [0.15, 0.2) is 0 Å². The number of hydrogen-bond donors (Lipinski definition) is 1. The summed E-state index contributed by atoms with van der Waals surface area (Å²) in [6.45, 7) is 9.50. The molecule has 0 amide bonds. The molecule has 0 aromatic heterocycles. The molecule has 1 aliphatic rings. The van der Waals surface area contributed by atoms with Gasteiger partial charge in [0.25, 0.3) is 0 Å². The van der Waals surface area contributed by atoms with E-state index >= 15 is 0 Å². The lowest BCUT2D eigenvalue weighted by molar-refractivity contribution is 0.182. The van der Waals surface area contributed by atoms with E-state index < -0.39 is 0 Å². The van der Waals surface area contributed by atoms with Gasteiger partial charge >= 0.3 is 0 Å². The van der Waals surface area contributed by atoms with Crippen molar-refractivity contribution in [2.75, 3.05) is 26.2 Å². The molecule has 0 aromatic rings. The van der Waals surface area contributed by atoms with Crippen molar-refractivity contribution in [3.05, 3.63) is 0 Å². The fraction of sp³-hybridized carbons (Fsp3) is 1.00. The van der Waals surface area contributed by atoms with Crippen LogP contribution in [0.5, 0.6) is 0 Å². The molecule has 15 heavy (non-hydrogen) atoms. The van der Waals surface area contributed by atoms with E-state index in [0.29, 0.717) is 0 Å². The largest absolute Gasteiger partial charge is 0.317 e. The quantitative estimate of drug-likeness (QED) is 0.705. The zero-order valence-electron chi connectivity index (χ0n) is 10.6. The van der Waals surface area contributed by atoms with Gasteiger partial charge in [-0.2, -0.15) is 0 Å². The summed E-state index contributed by atoms with van der Waals surface area (Å²) >= 11 is 0. The maximum atomic E-state index is 3.42. The molecule has 1 unspecified atom stereocenters. The number of rotatable bonds is 5. The van der Waals surface area contributed by atoms with E-state index in [0.717, 1.165) is 12.6 Å².